The summed E-state index contributed by atoms with van der Waals surface area (Å²) in [4.78, 5) is 47.1. The highest BCUT2D eigenvalue weighted by molar-refractivity contribution is 5.90. The van der Waals surface area contributed by atoms with Gasteiger partial charge in [-0.25, -0.2) is 4.79 Å². The Balaban J connectivity index is 5.08. The molecule has 24 heavy (non-hydrogen) atoms. The summed E-state index contributed by atoms with van der Waals surface area (Å²) in [6.07, 6.45) is 0.464. The van der Waals surface area contributed by atoms with Crippen molar-refractivity contribution in [3.05, 3.63) is 0 Å². The van der Waals surface area contributed by atoms with Crippen molar-refractivity contribution in [1.29, 1.82) is 0 Å². The van der Waals surface area contributed by atoms with E-state index in [2.05, 4.69) is 20.1 Å². The van der Waals surface area contributed by atoms with E-state index < -0.39 is 35.8 Å². The lowest BCUT2D eigenvalue weighted by atomic mass is 9.99. The van der Waals surface area contributed by atoms with Crippen molar-refractivity contribution in [3.8, 4) is 0 Å². The summed E-state index contributed by atoms with van der Waals surface area (Å²) in [6.45, 7) is 6.74. The average Bonchev–Trinajstić information content (AvgIpc) is 2.50. The molecule has 0 unspecified atom stereocenters. The van der Waals surface area contributed by atoms with E-state index in [0.717, 1.165) is 0 Å². The van der Waals surface area contributed by atoms with Crippen LogP contribution in [-0.4, -0.2) is 50.1 Å². The van der Waals surface area contributed by atoms with Gasteiger partial charge < -0.3 is 20.1 Å². The van der Waals surface area contributed by atoms with Gasteiger partial charge in [0.2, 0.25) is 11.8 Å². The second-order valence-electron chi connectivity index (χ2n) is 6.13. The van der Waals surface area contributed by atoms with Crippen LogP contribution in [-0.2, 0) is 28.7 Å². The first-order chi connectivity index (χ1) is 11.1. The van der Waals surface area contributed by atoms with Gasteiger partial charge in [-0.1, -0.05) is 20.8 Å². The Bertz CT molecular complexity index is 463. The Morgan fingerprint density at radius 1 is 0.833 bits per heavy atom. The topological polar surface area (TPSA) is 111 Å². The van der Waals surface area contributed by atoms with Crippen molar-refractivity contribution in [2.24, 2.45) is 11.8 Å². The molecule has 0 aromatic carbocycles. The summed E-state index contributed by atoms with van der Waals surface area (Å²) in [5.74, 6) is -2.41. The molecule has 0 spiro atoms. The summed E-state index contributed by atoms with van der Waals surface area (Å²) < 4.78 is 9.30. The number of carbonyl (C=O) groups excluding carboxylic acids is 4. The first kappa shape index (κ1) is 21.9. The van der Waals surface area contributed by atoms with Crippen LogP contribution in [0.25, 0.3) is 0 Å². The first-order valence-corrected chi connectivity index (χ1v) is 7.85. The highest BCUT2D eigenvalue weighted by atomic mass is 16.5. The van der Waals surface area contributed by atoms with Crippen LogP contribution in [0.5, 0.6) is 0 Å². The number of methoxy groups -OCH3 is 2. The van der Waals surface area contributed by atoms with Crippen LogP contribution in [0.3, 0.4) is 0 Å². The van der Waals surface area contributed by atoms with Gasteiger partial charge in [-0.2, -0.15) is 0 Å². The fraction of sp³-hybridized carbons (Fsp3) is 0.750. The molecule has 0 fully saturated rings. The van der Waals surface area contributed by atoms with E-state index in [1.54, 1.807) is 6.92 Å². The molecule has 0 aliphatic carbocycles. The molecule has 2 amide bonds. The Kier molecular flexibility index (Phi) is 9.68. The second-order valence-corrected chi connectivity index (χ2v) is 6.13. The molecule has 138 valence electrons. The molecule has 2 N–H and O–H groups in total. The number of esters is 2. The van der Waals surface area contributed by atoms with E-state index >= 15 is 0 Å². The molecule has 0 rings (SSSR count). The number of ether oxygens (including phenoxy) is 2. The Morgan fingerprint density at radius 2 is 1.38 bits per heavy atom. The maximum atomic E-state index is 12.4. The lowest BCUT2D eigenvalue weighted by molar-refractivity contribution is -0.149. The maximum Gasteiger partial charge on any atom is 0.328 e. The quantitative estimate of drug-likeness (QED) is 0.586. The predicted octanol–water partition coefficient (Wildman–Crippen LogP) is 0.394. The second kappa shape index (κ2) is 10.6. The normalized spacial score (nSPS) is 14.3. The van der Waals surface area contributed by atoms with Crippen molar-refractivity contribution in [1.82, 2.24) is 10.6 Å². The number of amides is 2. The van der Waals surface area contributed by atoms with Crippen LogP contribution in [0.1, 0.15) is 40.5 Å². The van der Waals surface area contributed by atoms with E-state index in [-0.39, 0.29) is 18.2 Å². The zero-order valence-corrected chi connectivity index (χ0v) is 15.2. The molecule has 0 radical (unpaired) electrons. The highest BCUT2D eigenvalue weighted by Crippen LogP contribution is 2.11. The van der Waals surface area contributed by atoms with Crippen LogP contribution in [0.2, 0.25) is 0 Å². The summed E-state index contributed by atoms with van der Waals surface area (Å²) in [6, 6.07) is -1.76. The summed E-state index contributed by atoms with van der Waals surface area (Å²) in [5.41, 5.74) is 0. The lowest BCUT2D eigenvalue weighted by Gasteiger charge is -2.24. The van der Waals surface area contributed by atoms with Gasteiger partial charge >= 0.3 is 11.9 Å². The zero-order chi connectivity index (χ0) is 18.9. The number of hydrogen-bond donors (Lipinski definition) is 2. The van der Waals surface area contributed by atoms with Gasteiger partial charge in [0.1, 0.15) is 12.1 Å². The molecule has 0 aromatic heterocycles. The van der Waals surface area contributed by atoms with E-state index in [1.165, 1.54) is 21.1 Å². The van der Waals surface area contributed by atoms with Crippen LogP contribution >= 0.6 is 0 Å². The third-order valence-corrected chi connectivity index (χ3v) is 3.40. The third-order valence-electron chi connectivity index (χ3n) is 3.40. The molecule has 0 heterocycles. The zero-order valence-electron chi connectivity index (χ0n) is 15.2. The Labute approximate surface area is 142 Å². The van der Waals surface area contributed by atoms with E-state index in [9.17, 15) is 19.2 Å². The van der Waals surface area contributed by atoms with Crippen molar-refractivity contribution in [2.45, 2.75) is 52.6 Å². The average molecular weight is 344 g/mol. The minimum Gasteiger partial charge on any atom is -0.469 e. The number of hydrogen-bond acceptors (Lipinski definition) is 6. The molecule has 0 aromatic rings. The van der Waals surface area contributed by atoms with Gasteiger partial charge in [-0.3, -0.25) is 14.4 Å². The molecule has 0 saturated heterocycles. The monoisotopic (exact) mass is 344 g/mol. The molecular weight excluding hydrogens is 316 g/mol. The van der Waals surface area contributed by atoms with Gasteiger partial charge in [-0.05, 0) is 18.8 Å². The molecule has 3 atom stereocenters. The largest absolute Gasteiger partial charge is 0.469 e. The number of carbonyl (C=O) groups is 4. The number of rotatable bonds is 9. The number of nitrogens with one attached hydrogen (secondary N) is 2. The van der Waals surface area contributed by atoms with E-state index in [0.29, 0.717) is 6.42 Å². The van der Waals surface area contributed by atoms with Crippen LogP contribution in [0.4, 0.5) is 0 Å². The lowest BCUT2D eigenvalue weighted by Crippen LogP contribution is -2.52. The SMILES string of the molecule is COC(=O)[C@@H](C)C[C@@H](NC(=O)[C@H](CC(C)C)NC(C)=O)C(=O)OC. The molecular formula is C16H28N2O6. The standard InChI is InChI=1S/C16H28N2O6/c1-9(2)7-12(17-11(4)19)14(20)18-13(16(22)24-6)8-10(3)15(21)23-5/h9-10,12-13H,7-8H2,1-6H3,(H,17,19)(H,18,20)/t10-,12-,13+/m0/s1. The summed E-state index contributed by atoms with van der Waals surface area (Å²) in [5, 5.41) is 5.12. The van der Waals surface area contributed by atoms with Crippen LogP contribution in [0.15, 0.2) is 0 Å². The third kappa shape index (κ3) is 7.94. The van der Waals surface area contributed by atoms with Gasteiger partial charge in [0.05, 0.1) is 20.1 Å². The van der Waals surface area contributed by atoms with Gasteiger partial charge in [0.15, 0.2) is 0 Å². The molecule has 8 heteroatoms. The fourth-order valence-corrected chi connectivity index (χ4v) is 2.23. The summed E-state index contributed by atoms with van der Waals surface area (Å²) >= 11 is 0. The molecule has 8 nitrogen and oxygen atoms in total. The van der Waals surface area contributed by atoms with Crippen LogP contribution in [0, 0.1) is 11.8 Å². The minimum absolute atomic E-state index is 0.0412. The van der Waals surface area contributed by atoms with E-state index in [4.69, 9.17) is 0 Å². The van der Waals surface area contributed by atoms with Crippen LogP contribution < -0.4 is 10.6 Å². The summed E-state index contributed by atoms with van der Waals surface area (Å²) in [7, 11) is 2.45. The van der Waals surface area contributed by atoms with Crippen molar-refractivity contribution < 1.29 is 28.7 Å². The van der Waals surface area contributed by atoms with E-state index in [1.807, 2.05) is 13.8 Å². The smallest absolute Gasteiger partial charge is 0.328 e. The van der Waals surface area contributed by atoms with Gasteiger partial charge in [0, 0.05) is 6.92 Å². The van der Waals surface area contributed by atoms with Crippen molar-refractivity contribution in [2.75, 3.05) is 14.2 Å². The Hall–Kier alpha value is -2.12. The van der Waals surface area contributed by atoms with Crippen molar-refractivity contribution in [3.63, 3.8) is 0 Å². The molecule has 0 aliphatic rings. The predicted molar refractivity (Wildman–Crippen MR) is 86.8 cm³/mol. The van der Waals surface area contributed by atoms with Gasteiger partial charge in [-0.15, -0.1) is 0 Å². The maximum absolute atomic E-state index is 12.4. The van der Waals surface area contributed by atoms with Crippen molar-refractivity contribution >= 4 is 23.8 Å². The Morgan fingerprint density at radius 3 is 1.79 bits per heavy atom. The molecule has 0 bridgehead atoms. The van der Waals surface area contributed by atoms with Gasteiger partial charge in [0.25, 0.3) is 0 Å². The first-order valence-electron chi connectivity index (χ1n) is 7.85. The molecule has 0 aliphatic heterocycles. The molecule has 0 saturated carbocycles. The fourth-order valence-electron chi connectivity index (χ4n) is 2.23. The highest BCUT2D eigenvalue weighted by Gasteiger charge is 2.30. The minimum atomic E-state index is -1.000.